The van der Waals surface area contributed by atoms with E-state index in [2.05, 4.69) is 11.6 Å². The average Bonchev–Trinajstić information content (AvgIpc) is 2.44. The standard InChI is InChI=1S/C14H19FN2O2S2/c1-10(2)13(18)19-8-6-4-3-5-7-17-12(20)11(15)9-16-14(17)21/h9H,1,3-8H2,2H3,(H,16,21). The summed E-state index contributed by atoms with van der Waals surface area (Å²) >= 11 is 10.1. The molecule has 21 heavy (non-hydrogen) atoms. The van der Waals surface area contributed by atoms with E-state index in [4.69, 9.17) is 29.2 Å². The maximum absolute atomic E-state index is 13.3. The summed E-state index contributed by atoms with van der Waals surface area (Å²) in [5, 5.41) is 0. The zero-order valence-electron chi connectivity index (χ0n) is 12.0. The third-order valence-electron chi connectivity index (χ3n) is 2.87. The average molecular weight is 330 g/mol. The van der Waals surface area contributed by atoms with Gasteiger partial charge in [-0.05, 0) is 38.4 Å². The van der Waals surface area contributed by atoms with Gasteiger partial charge in [0, 0.05) is 18.3 Å². The molecule has 0 saturated heterocycles. The van der Waals surface area contributed by atoms with Crippen molar-refractivity contribution in [3.63, 3.8) is 0 Å². The van der Waals surface area contributed by atoms with Crippen LogP contribution in [-0.2, 0) is 16.1 Å². The number of halogens is 1. The Balaban J connectivity index is 2.25. The molecular formula is C14H19FN2O2S2. The third-order valence-corrected chi connectivity index (χ3v) is 3.63. The van der Waals surface area contributed by atoms with Gasteiger partial charge in [-0.15, -0.1) is 0 Å². The van der Waals surface area contributed by atoms with E-state index < -0.39 is 5.82 Å². The minimum Gasteiger partial charge on any atom is -0.462 e. The summed E-state index contributed by atoms with van der Waals surface area (Å²) in [5.74, 6) is -0.822. The predicted molar refractivity (Wildman–Crippen MR) is 84.6 cm³/mol. The molecule has 0 aromatic carbocycles. The van der Waals surface area contributed by atoms with E-state index in [-0.39, 0.29) is 10.6 Å². The molecule has 0 radical (unpaired) electrons. The molecule has 1 aromatic heterocycles. The van der Waals surface area contributed by atoms with Gasteiger partial charge in [-0.2, -0.15) is 0 Å². The number of hydrogen-bond acceptors (Lipinski definition) is 4. The third kappa shape index (κ3) is 5.89. The highest BCUT2D eigenvalue weighted by molar-refractivity contribution is 7.72. The van der Waals surface area contributed by atoms with Gasteiger partial charge in [-0.3, -0.25) is 0 Å². The van der Waals surface area contributed by atoms with Crippen LogP contribution in [0.15, 0.2) is 18.3 Å². The fourth-order valence-corrected chi connectivity index (χ4v) is 2.24. The molecule has 0 aliphatic carbocycles. The van der Waals surface area contributed by atoms with Crippen molar-refractivity contribution in [2.24, 2.45) is 0 Å². The zero-order chi connectivity index (χ0) is 15.8. The number of nitrogens with one attached hydrogen (secondary N) is 1. The van der Waals surface area contributed by atoms with E-state index in [0.29, 0.717) is 23.5 Å². The van der Waals surface area contributed by atoms with Crippen LogP contribution in [0.5, 0.6) is 0 Å². The smallest absolute Gasteiger partial charge is 0.333 e. The Bertz CT molecular complexity index is 622. The second-order valence-electron chi connectivity index (χ2n) is 4.73. The summed E-state index contributed by atoms with van der Waals surface area (Å²) in [6.07, 6.45) is 4.65. The Labute approximate surface area is 133 Å². The first-order valence-electron chi connectivity index (χ1n) is 6.74. The number of ether oxygens (including phenoxy) is 1. The number of carbonyl (C=O) groups is 1. The lowest BCUT2D eigenvalue weighted by molar-refractivity contribution is -0.139. The number of nitrogens with zero attached hydrogens (tertiary/aromatic N) is 1. The number of H-pyrrole nitrogens is 1. The Morgan fingerprint density at radius 2 is 2.05 bits per heavy atom. The number of unbranched alkanes of at least 4 members (excludes halogenated alkanes) is 3. The van der Waals surface area contributed by atoms with E-state index in [1.807, 2.05) is 0 Å². The fraction of sp³-hybridized carbons (Fsp3) is 0.500. The Hall–Kier alpha value is -1.34. The molecule has 0 fully saturated rings. The molecule has 1 heterocycles. The van der Waals surface area contributed by atoms with E-state index in [0.717, 1.165) is 25.7 Å². The Morgan fingerprint density at radius 1 is 1.38 bits per heavy atom. The number of hydrogen-bond donors (Lipinski definition) is 1. The molecule has 0 saturated carbocycles. The van der Waals surface area contributed by atoms with Gasteiger partial charge in [0.05, 0.1) is 6.61 Å². The molecule has 0 aliphatic rings. The monoisotopic (exact) mass is 330 g/mol. The second-order valence-corrected chi connectivity index (χ2v) is 5.50. The van der Waals surface area contributed by atoms with Crippen LogP contribution in [0.3, 0.4) is 0 Å². The lowest BCUT2D eigenvalue weighted by Gasteiger charge is -2.07. The normalized spacial score (nSPS) is 10.4. The number of aromatic nitrogens is 2. The minimum absolute atomic E-state index is 0.133. The zero-order valence-corrected chi connectivity index (χ0v) is 13.6. The van der Waals surface area contributed by atoms with Gasteiger partial charge in [0.15, 0.2) is 10.6 Å². The first-order chi connectivity index (χ1) is 9.93. The molecule has 0 atom stereocenters. The first-order valence-corrected chi connectivity index (χ1v) is 7.55. The van der Waals surface area contributed by atoms with Gasteiger partial charge < -0.3 is 14.3 Å². The largest absolute Gasteiger partial charge is 0.462 e. The summed E-state index contributed by atoms with van der Waals surface area (Å²) in [6.45, 7) is 6.10. The molecule has 1 aromatic rings. The van der Waals surface area contributed by atoms with Crippen molar-refractivity contribution in [2.45, 2.75) is 39.2 Å². The van der Waals surface area contributed by atoms with Gasteiger partial charge in [-0.25, -0.2) is 9.18 Å². The van der Waals surface area contributed by atoms with Crippen molar-refractivity contribution in [3.8, 4) is 0 Å². The lowest BCUT2D eigenvalue weighted by Crippen LogP contribution is -2.07. The number of carbonyl (C=O) groups excluding carboxylic acids is 1. The minimum atomic E-state index is -0.467. The Morgan fingerprint density at radius 3 is 2.71 bits per heavy atom. The van der Waals surface area contributed by atoms with Crippen molar-refractivity contribution in [1.29, 1.82) is 0 Å². The first kappa shape index (κ1) is 17.7. The number of aromatic amines is 1. The highest BCUT2D eigenvalue weighted by Crippen LogP contribution is 2.06. The highest BCUT2D eigenvalue weighted by atomic mass is 32.1. The van der Waals surface area contributed by atoms with Gasteiger partial charge >= 0.3 is 5.97 Å². The van der Waals surface area contributed by atoms with E-state index in [9.17, 15) is 9.18 Å². The van der Waals surface area contributed by atoms with Crippen molar-refractivity contribution >= 4 is 30.4 Å². The van der Waals surface area contributed by atoms with Gasteiger partial charge in [0.1, 0.15) is 4.64 Å². The summed E-state index contributed by atoms with van der Waals surface area (Å²) in [4.78, 5) is 13.8. The molecule has 0 spiro atoms. The van der Waals surface area contributed by atoms with Gasteiger partial charge in [0.25, 0.3) is 0 Å². The topological polar surface area (TPSA) is 47.0 Å². The fourth-order valence-electron chi connectivity index (χ4n) is 1.70. The van der Waals surface area contributed by atoms with Crippen molar-refractivity contribution < 1.29 is 13.9 Å². The van der Waals surface area contributed by atoms with Crippen LogP contribution < -0.4 is 0 Å². The van der Waals surface area contributed by atoms with Crippen LogP contribution >= 0.6 is 24.4 Å². The lowest BCUT2D eigenvalue weighted by atomic mass is 10.2. The molecule has 0 unspecified atom stereocenters. The summed E-state index contributed by atoms with van der Waals surface area (Å²) < 4.78 is 20.5. The number of rotatable bonds is 8. The molecule has 0 aliphatic heterocycles. The quantitative estimate of drug-likeness (QED) is 0.337. The van der Waals surface area contributed by atoms with Crippen molar-refractivity contribution in [1.82, 2.24) is 9.55 Å². The molecule has 7 heteroatoms. The molecule has 1 rings (SSSR count). The van der Waals surface area contributed by atoms with E-state index >= 15 is 0 Å². The molecular weight excluding hydrogens is 311 g/mol. The maximum atomic E-state index is 13.3. The van der Waals surface area contributed by atoms with Gasteiger partial charge in [-0.1, -0.05) is 25.2 Å². The van der Waals surface area contributed by atoms with Crippen LogP contribution in [0.4, 0.5) is 4.39 Å². The summed E-state index contributed by atoms with van der Waals surface area (Å²) in [5.41, 5.74) is 0.407. The van der Waals surface area contributed by atoms with Crippen LogP contribution in [0, 0.1) is 15.2 Å². The molecule has 4 nitrogen and oxygen atoms in total. The van der Waals surface area contributed by atoms with Crippen LogP contribution in [-0.4, -0.2) is 22.1 Å². The van der Waals surface area contributed by atoms with E-state index in [1.165, 1.54) is 6.20 Å². The molecule has 116 valence electrons. The predicted octanol–water partition coefficient (Wildman–Crippen LogP) is 4.09. The van der Waals surface area contributed by atoms with E-state index in [1.54, 1.807) is 11.5 Å². The molecule has 1 N–H and O–H groups in total. The van der Waals surface area contributed by atoms with Crippen molar-refractivity contribution in [2.75, 3.05) is 6.61 Å². The Kier molecular flexibility index (Phi) is 7.45. The molecule has 0 bridgehead atoms. The summed E-state index contributed by atoms with van der Waals surface area (Å²) in [7, 11) is 0. The maximum Gasteiger partial charge on any atom is 0.333 e. The van der Waals surface area contributed by atoms with Gasteiger partial charge in [0.2, 0.25) is 0 Å². The van der Waals surface area contributed by atoms with Crippen molar-refractivity contribution in [3.05, 3.63) is 33.6 Å². The van der Waals surface area contributed by atoms with Crippen LogP contribution in [0.25, 0.3) is 0 Å². The summed E-state index contributed by atoms with van der Waals surface area (Å²) in [6, 6.07) is 0. The van der Waals surface area contributed by atoms with Crippen LogP contribution in [0.1, 0.15) is 32.6 Å². The number of esters is 1. The van der Waals surface area contributed by atoms with Crippen LogP contribution in [0.2, 0.25) is 0 Å². The second kappa shape index (κ2) is 8.84. The SMILES string of the molecule is C=C(C)C(=O)OCCCCCCn1c(=S)[nH]cc(F)c1=S. The highest BCUT2D eigenvalue weighted by Gasteiger charge is 2.03. The molecule has 0 amide bonds.